The van der Waals surface area contributed by atoms with Crippen molar-refractivity contribution in [3.8, 4) is 0 Å². The number of nitrogens with zero attached hydrogens (tertiary/aromatic N) is 2. The molecule has 0 spiro atoms. The maximum Gasteiger partial charge on any atom is 0.409 e. The number of carbonyl (C=O) groups is 2. The first-order valence-corrected chi connectivity index (χ1v) is 9.06. The highest BCUT2D eigenvalue weighted by Gasteiger charge is 2.31. The van der Waals surface area contributed by atoms with Crippen molar-refractivity contribution in [2.75, 3.05) is 32.8 Å². The first-order chi connectivity index (χ1) is 13.1. The standard InChI is InChI=1S/C20H23FN2O4/c1-2-26-20(25)23-11-9-22(10-12-23)19(24)18(14-17-4-3-13-27-17)15-5-7-16(21)8-6-15/h3-8,13,18H,2,9-12,14H2,1H3. The summed E-state index contributed by atoms with van der Waals surface area (Å²) in [5.74, 6) is -0.166. The number of rotatable bonds is 5. The highest BCUT2D eigenvalue weighted by Crippen LogP contribution is 2.25. The van der Waals surface area contributed by atoms with E-state index in [1.807, 2.05) is 6.07 Å². The quantitative estimate of drug-likeness (QED) is 0.807. The van der Waals surface area contributed by atoms with Crippen LogP contribution in [-0.4, -0.2) is 54.6 Å². The van der Waals surface area contributed by atoms with Gasteiger partial charge < -0.3 is 19.0 Å². The van der Waals surface area contributed by atoms with Gasteiger partial charge in [0, 0.05) is 32.6 Å². The first kappa shape index (κ1) is 18.9. The Morgan fingerprint density at radius 1 is 1.11 bits per heavy atom. The van der Waals surface area contributed by atoms with Gasteiger partial charge in [-0.15, -0.1) is 0 Å². The van der Waals surface area contributed by atoms with Crippen LogP contribution in [0.25, 0.3) is 0 Å². The molecule has 0 aliphatic carbocycles. The van der Waals surface area contributed by atoms with Crippen LogP contribution in [0.4, 0.5) is 9.18 Å². The van der Waals surface area contributed by atoms with Gasteiger partial charge in [0.15, 0.2) is 0 Å². The van der Waals surface area contributed by atoms with E-state index in [2.05, 4.69) is 0 Å². The number of carbonyl (C=O) groups excluding carboxylic acids is 2. The number of ether oxygens (including phenoxy) is 1. The summed E-state index contributed by atoms with van der Waals surface area (Å²) in [5.41, 5.74) is 0.741. The summed E-state index contributed by atoms with van der Waals surface area (Å²) in [6, 6.07) is 9.58. The van der Waals surface area contributed by atoms with Crippen LogP contribution >= 0.6 is 0 Å². The molecule has 0 radical (unpaired) electrons. The van der Waals surface area contributed by atoms with Crippen molar-refractivity contribution in [2.24, 2.45) is 0 Å². The smallest absolute Gasteiger partial charge is 0.409 e. The molecular formula is C20H23FN2O4. The summed E-state index contributed by atoms with van der Waals surface area (Å²) >= 11 is 0. The number of amides is 2. The minimum Gasteiger partial charge on any atom is -0.469 e. The molecule has 1 aliphatic heterocycles. The zero-order valence-electron chi connectivity index (χ0n) is 15.3. The van der Waals surface area contributed by atoms with E-state index in [0.717, 1.165) is 5.56 Å². The van der Waals surface area contributed by atoms with Gasteiger partial charge in [0.25, 0.3) is 0 Å². The van der Waals surface area contributed by atoms with E-state index in [1.54, 1.807) is 41.2 Å². The molecule has 0 bridgehead atoms. The summed E-state index contributed by atoms with van der Waals surface area (Å²) in [4.78, 5) is 28.3. The summed E-state index contributed by atoms with van der Waals surface area (Å²) < 4.78 is 23.7. The Labute approximate surface area is 157 Å². The van der Waals surface area contributed by atoms with Crippen LogP contribution in [0, 0.1) is 5.82 Å². The van der Waals surface area contributed by atoms with Crippen molar-refractivity contribution in [3.63, 3.8) is 0 Å². The second-order valence-electron chi connectivity index (χ2n) is 6.40. The second kappa shape index (κ2) is 8.70. The van der Waals surface area contributed by atoms with Crippen LogP contribution in [-0.2, 0) is 16.0 Å². The van der Waals surface area contributed by atoms with E-state index in [4.69, 9.17) is 9.15 Å². The maximum atomic E-state index is 13.3. The molecule has 6 nitrogen and oxygen atoms in total. The average Bonchev–Trinajstić information content (AvgIpc) is 3.20. The molecule has 1 aromatic heterocycles. The Balaban J connectivity index is 1.71. The molecule has 1 aromatic carbocycles. The van der Waals surface area contributed by atoms with Gasteiger partial charge >= 0.3 is 6.09 Å². The van der Waals surface area contributed by atoms with Crippen molar-refractivity contribution < 1.29 is 23.1 Å². The number of halogens is 1. The third-order valence-corrected chi connectivity index (χ3v) is 4.67. The fourth-order valence-electron chi connectivity index (χ4n) is 3.22. The van der Waals surface area contributed by atoms with E-state index in [1.165, 1.54) is 12.1 Å². The normalized spacial score (nSPS) is 15.5. The SMILES string of the molecule is CCOC(=O)N1CCN(C(=O)C(Cc2ccco2)c2ccc(F)cc2)CC1. The summed E-state index contributed by atoms with van der Waals surface area (Å²) in [6.07, 6.45) is 1.62. The van der Waals surface area contributed by atoms with E-state index >= 15 is 0 Å². The van der Waals surface area contributed by atoms with E-state index in [9.17, 15) is 14.0 Å². The van der Waals surface area contributed by atoms with E-state index in [-0.39, 0.29) is 17.8 Å². The first-order valence-electron chi connectivity index (χ1n) is 9.06. The largest absolute Gasteiger partial charge is 0.469 e. The Morgan fingerprint density at radius 3 is 2.37 bits per heavy atom. The van der Waals surface area contributed by atoms with Crippen molar-refractivity contribution in [3.05, 3.63) is 59.8 Å². The fraction of sp³-hybridized carbons (Fsp3) is 0.400. The topological polar surface area (TPSA) is 63.0 Å². The number of furan rings is 1. The van der Waals surface area contributed by atoms with Crippen LogP contribution in [0.5, 0.6) is 0 Å². The van der Waals surface area contributed by atoms with Crippen LogP contribution in [0.15, 0.2) is 47.1 Å². The van der Waals surface area contributed by atoms with Gasteiger partial charge in [0.05, 0.1) is 18.8 Å². The van der Waals surface area contributed by atoms with Crippen LogP contribution in [0.2, 0.25) is 0 Å². The Hall–Kier alpha value is -2.83. The van der Waals surface area contributed by atoms with Gasteiger partial charge in [-0.1, -0.05) is 12.1 Å². The molecule has 0 N–H and O–H groups in total. The van der Waals surface area contributed by atoms with Gasteiger partial charge in [-0.25, -0.2) is 9.18 Å². The number of hydrogen-bond donors (Lipinski definition) is 0. The molecule has 144 valence electrons. The monoisotopic (exact) mass is 374 g/mol. The lowest BCUT2D eigenvalue weighted by Gasteiger charge is -2.35. The molecule has 1 aliphatic rings. The summed E-state index contributed by atoms with van der Waals surface area (Å²) in [7, 11) is 0. The van der Waals surface area contributed by atoms with Crippen molar-refractivity contribution in [1.29, 1.82) is 0 Å². The van der Waals surface area contributed by atoms with Gasteiger partial charge in [-0.05, 0) is 36.8 Å². The molecule has 1 atom stereocenters. The van der Waals surface area contributed by atoms with Gasteiger partial charge in [0.1, 0.15) is 11.6 Å². The third-order valence-electron chi connectivity index (χ3n) is 4.67. The zero-order chi connectivity index (χ0) is 19.2. The Kier molecular flexibility index (Phi) is 6.11. The predicted molar refractivity (Wildman–Crippen MR) is 96.7 cm³/mol. The van der Waals surface area contributed by atoms with Gasteiger partial charge in [-0.2, -0.15) is 0 Å². The lowest BCUT2D eigenvalue weighted by atomic mass is 9.92. The highest BCUT2D eigenvalue weighted by atomic mass is 19.1. The van der Waals surface area contributed by atoms with Crippen LogP contribution in [0.1, 0.15) is 24.2 Å². The molecule has 1 fully saturated rings. The van der Waals surface area contributed by atoms with Gasteiger partial charge in [-0.3, -0.25) is 4.79 Å². The molecule has 2 heterocycles. The summed E-state index contributed by atoms with van der Waals surface area (Å²) in [5, 5.41) is 0. The van der Waals surface area contributed by atoms with Crippen molar-refractivity contribution >= 4 is 12.0 Å². The molecule has 1 unspecified atom stereocenters. The highest BCUT2D eigenvalue weighted by molar-refractivity contribution is 5.84. The summed E-state index contributed by atoms with van der Waals surface area (Å²) in [6.45, 7) is 3.83. The number of hydrogen-bond acceptors (Lipinski definition) is 4. The molecule has 27 heavy (non-hydrogen) atoms. The molecule has 1 saturated heterocycles. The van der Waals surface area contributed by atoms with E-state index < -0.39 is 5.92 Å². The Morgan fingerprint density at radius 2 is 1.78 bits per heavy atom. The molecular weight excluding hydrogens is 351 g/mol. The lowest BCUT2D eigenvalue weighted by Crippen LogP contribution is -2.52. The van der Waals surface area contributed by atoms with Crippen molar-refractivity contribution in [2.45, 2.75) is 19.3 Å². The van der Waals surface area contributed by atoms with E-state index in [0.29, 0.717) is 45.0 Å². The lowest BCUT2D eigenvalue weighted by molar-refractivity contribution is -0.134. The molecule has 7 heteroatoms. The minimum atomic E-state index is -0.467. The zero-order valence-corrected chi connectivity index (χ0v) is 15.3. The molecule has 3 rings (SSSR count). The van der Waals surface area contributed by atoms with Crippen LogP contribution < -0.4 is 0 Å². The average molecular weight is 374 g/mol. The predicted octanol–water partition coefficient (Wildman–Crippen LogP) is 3.05. The van der Waals surface area contributed by atoms with Gasteiger partial charge in [0.2, 0.25) is 5.91 Å². The molecule has 2 amide bonds. The third kappa shape index (κ3) is 4.67. The second-order valence-corrected chi connectivity index (χ2v) is 6.40. The van der Waals surface area contributed by atoms with Crippen molar-refractivity contribution in [1.82, 2.24) is 9.80 Å². The Bertz CT molecular complexity index is 753. The minimum absolute atomic E-state index is 0.0542. The number of piperazine rings is 1. The number of benzene rings is 1. The van der Waals surface area contributed by atoms with Crippen LogP contribution in [0.3, 0.4) is 0 Å². The fourth-order valence-corrected chi connectivity index (χ4v) is 3.22. The molecule has 0 saturated carbocycles. The maximum absolute atomic E-state index is 13.3. The molecule has 2 aromatic rings.